The number of carbonyl (C=O) groups is 1. The van der Waals surface area contributed by atoms with Crippen molar-refractivity contribution >= 4 is 27.8 Å². The van der Waals surface area contributed by atoms with Crippen molar-refractivity contribution < 1.29 is 19.1 Å². The van der Waals surface area contributed by atoms with Gasteiger partial charge in [-0.15, -0.1) is 0 Å². The van der Waals surface area contributed by atoms with Crippen LogP contribution in [0.15, 0.2) is 71.3 Å². The number of carboxylic acids is 1. The maximum Gasteiger partial charge on any atom is 0.336 e. The second-order valence-corrected chi connectivity index (χ2v) is 7.63. The lowest BCUT2D eigenvalue weighted by molar-refractivity contribution is 0.0698. The van der Waals surface area contributed by atoms with Crippen molar-refractivity contribution in [3.8, 4) is 17.2 Å². The van der Waals surface area contributed by atoms with Gasteiger partial charge in [-0.2, -0.15) is 0 Å². The Morgan fingerprint density at radius 3 is 2.62 bits per heavy atom. The SMILES string of the molecule is Cc1c(-c2cc(C(=O)O)c3c(OCc4ccccn4)ccc(C)c3n2)oc2ccccc12. The number of ether oxygens (including phenoxy) is 1. The third kappa shape index (κ3) is 3.36. The number of aryl methyl sites for hydroxylation is 2. The summed E-state index contributed by atoms with van der Waals surface area (Å²) in [5, 5.41) is 11.5. The lowest BCUT2D eigenvalue weighted by atomic mass is 10.0. The highest BCUT2D eigenvalue weighted by Gasteiger charge is 2.21. The van der Waals surface area contributed by atoms with Crippen LogP contribution in [-0.4, -0.2) is 21.0 Å². The normalized spacial score (nSPS) is 11.2. The first-order valence-electron chi connectivity index (χ1n) is 10.2. The monoisotopic (exact) mass is 424 g/mol. The second kappa shape index (κ2) is 7.81. The van der Waals surface area contributed by atoms with E-state index < -0.39 is 5.97 Å². The number of pyridine rings is 2. The van der Waals surface area contributed by atoms with Gasteiger partial charge >= 0.3 is 5.97 Å². The zero-order valence-electron chi connectivity index (χ0n) is 17.6. The zero-order chi connectivity index (χ0) is 22.2. The summed E-state index contributed by atoms with van der Waals surface area (Å²) in [4.78, 5) is 21.3. The lowest BCUT2D eigenvalue weighted by Gasteiger charge is -2.14. The van der Waals surface area contributed by atoms with Gasteiger partial charge in [-0.3, -0.25) is 4.98 Å². The van der Waals surface area contributed by atoms with Gasteiger partial charge in [0, 0.05) is 17.1 Å². The summed E-state index contributed by atoms with van der Waals surface area (Å²) >= 11 is 0. The van der Waals surface area contributed by atoms with Crippen molar-refractivity contribution in [2.24, 2.45) is 0 Å². The Bertz CT molecular complexity index is 1470. The van der Waals surface area contributed by atoms with E-state index in [2.05, 4.69) is 4.98 Å². The van der Waals surface area contributed by atoms with Crippen LogP contribution in [0.5, 0.6) is 5.75 Å². The van der Waals surface area contributed by atoms with Gasteiger partial charge in [-0.25, -0.2) is 9.78 Å². The van der Waals surface area contributed by atoms with Crippen molar-refractivity contribution in [1.29, 1.82) is 0 Å². The Morgan fingerprint density at radius 2 is 1.88 bits per heavy atom. The van der Waals surface area contributed by atoms with Crippen LogP contribution in [-0.2, 0) is 6.61 Å². The molecule has 0 bridgehead atoms. The number of nitrogens with zero attached hydrogens (tertiary/aromatic N) is 2. The van der Waals surface area contributed by atoms with Crippen LogP contribution in [0.4, 0.5) is 0 Å². The molecule has 5 rings (SSSR count). The molecule has 0 atom stereocenters. The molecule has 0 aliphatic carbocycles. The number of aromatic carboxylic acids is 1. The van der Waals surface area contributed by atoms with Crippen molar-refractivity contribution in [3.05, 3.63) is 89.2 Å². The Morgan fingerprint density at radius 1 is 1.06 bits per heavy atom. The molecule has 0 saturated carbocycles. The minimum Gasteiger partial charge on any atom is -0.487 e. The van der Waals surface area contributed by atoms with E-state index in [9.17, 15) is 9.90 Å². The first kappa shape index (κ1) is 19.8. The number of carboxylic acid groups (broad SMARTS) is 1. The predicted octanol–water partition coefficient (Wildman–Crippen LogP) is 5.94. The van der Waals surface area contributed by atoms with E-state index >= 15 is 0 Å². The molecule has 0 spiro atoms. The Kier molecular flexibility index (Phi) is 4.82. The predicted molar refractivity (Wildman–Crippen MR) is 122 cm³/mol. The molecule has 0 fully saturated rings. The van der Waals surface area contributed by atoms with E-state index in [0.29, 0.717) is 28.1 Å². The molecule has 0 saturated heterocycles. The van der Waals surface area contributed by atoms with Crippen LogP contribution in [0.2, 0.25) is 0 Å². The largest absolute Gasteiger partial charge is 0.487 e. The van der Waals surface area contributed by atoms with Crippen LogP contribution < -0.4 is 4.74 Å². The molecule has 6 nitrogen and oxygen atoms in total. The van der Waals surface area contributed by atoms with Gasteiger partial charge in [0.2, 0.25) is 0 Å². The van der Waals surface area contributed by atoms with E-state index in [-0.39, 0.29) is 12.2 Å². The summed E-state index contributed by atoms with van der Waals surface area (Å²) in [7, 11) is 0. The summed E-state index contributed by atoms with van der Waals surface area (Å²) in [6, 6.07) is 18.5. The van der Waals surface area contributed by atoms with E-state index in [1.807, 2.05) is 62.4 Å². The van der Waals surface area contributed by atoms with Gasteiger partial charge in [0.05, 0.1) is 22.2 Å². The molecule has 1 N–H and O–H groups in total. The van der Waals surface area contributed by atoms with Crippen LogP contribution in [0.1, 0.15) is 27.2 Å². The maximum atomic E-state index is 12.3. The number of aromatic nitrogens is 2. The summed E-state index contributed by atoms with van der Waals surface area (Å²) in [5.74, 6) is -0.0375. The fourth-order valence-corrected chi connectivity index (χ4v) is 3.90. The molecular formula is C26H20N2O4. The smallest absolute Gasteiger partial charge is 0.336 e. The molecule has 0 amide bonds. The highest BCUT2D eigenvalue weighted by Crippen LogP contribution is 2.37. The summed E-state index contributed by atoms with van der Waals surface area (Å²) < 4.78 is 12.0. The van der Waals surface area contributed by atoms with E-state index in [1.165, 1.54) is 0 Å². The summed E-state index contributed by atoms with van der Waals surface area (Å²) in [5.41, 5.74) is 4.42. The molecule has 0 radical (unpaired) electrons. The molecule has 0 aliphatic heterocycles. The fourth-order valence-electron chi connectivity index (χ4n) is 3.90. The summed E-state index contributed by atoms with van der Waals surface area (Å²) in [6.45, 7) is 4.08. The molecule has 5 aromatic rings. The molecule has 158 valence electrons. The number of hydrogen-bond acceptors (Lipinski definition) is 5. The molecule has 32 heavy (non-hydrogen) atoms. The Labute approximate surface area is 184 Å². The van der Waals surface area contributed by atoms with Crippen LogP contribution >= 0.6 is 0 Å². The average Bonchev–Trinajstić information content (AvgIpc) is 3.15. The number of para-hydroxylation sites is 1. The van der Waals surface area contributed by atoms with Gasteiger partial charge in [0.1, 0.15) is 23.6 Å². The fraction of sp³-hybridized carbons (Fsp3) is 0.115. The molecular weight excluding hydrogens is 404 g/mol. The number of rotatable bonds is 5. The maximum absolute atomic E-state index is 12.3. The van der Waals surface area contributed by atoms with Crippen LogP contribution in [0, 0.1) is 13.8 Å². The minimum absolute atomic E-state index is 0.115. The molecule has 6 heteroatoms. The van der Waals surface area contributed by atoms with Gasteiger partial charge in [-0.1, -0.05) is 30.3 Å². The van der Waals surface area contributed by atoms with Crippen LogP contribution in [0.3, 0.4) is 0 Å². The standard InChI is InChI=1S/C26H20N2O4/c1-15-10-11-22(31-14-17-7-5-6-12-27-17)23-19(26(29)30)13-20(28-24(15)23)25-16(2)18-8-3-4-9-21(18)32-25/h3-13H,14H2,1-2H3,(H,29,30). The number of fused-ring (bicyclic) bond motifs is 2. The first-order chi connectivity index (χ1) is 15.5. The number of benzene rings is 2. The van der Waals surface area contributed by atoms with E-state index in [1.54, 1.807) is 18.3 Å². The van der Waals surface area contributed by atoms with Crippen molar-refractivity contribution in [3.63, 3.8) is 0 Å². The van der Waals surface area contributed by atoms with E-state index in [4.69, 9.17) is 14.1 Å². The minimum atomic E-state index is -1.05. The molecule has 0 unspecified atom stereocenters. The molecule has 3 heterocycles. The highest BCUT2D eigenvalue weighted by molar-refractivity contribution is 6.07. The van der Waals surface area contributed by atoms with Crippen LogP contribution in [0.25, 0.3) is 33.3 Å². The third-order valence-electron chi connectivity index (χ3n) is 5.53. The molecule has 3 aromatic heterocycles. The zero-order valence-corrected chi connectivity index (χ0v) is 17.6. The topological polar surface area (TPSA) is 85.5 Å². The molecule has 0 aliphatic rings. The van der Waals surface area contributed by atoms with Crippen molar-refractivity contribution in [2.75, 3.05) is 0 Å². The van der Waals surface area contributed by atoms with Gasteiger partial charge in [-0.05, 0) is 49.7 Å². The number of hydrogen-bond donors (Lipinski definition) is 1. The Balaban J connectivity index is 1.68. The third-order valence-corrected chi connectivity index (χ3v) is 5.53. The van der Waals surface area contributed by atoms with Crippen molar-refractivity contribution in [2.45, 2.75) is 20.5 Å². The van der Waals surface area contributed by atoms with E-state index in [0.717, 1.165) is 27.8 Å². The Hall–Kier alpha value is -4.19. The van der Waals surface area contributed by atoms with Crippen molar-refractivity contribution in [1.82, 2.24) is 9.97 Å². The quantitative estimate of drug-likeness (QED) is 0.376. The van der Waals surface area contributed by atoms with Gasteiger partial charge < -0.3 is 14.3 Å². The molecule has 2 aromatic carbocycles. The van der Waals surface area contributed by atoms with Gasteiger partial charge in [0.15, 0.2) is 5.76 Å². The highest BCUT2D eigenvalue weighted by atomic mass is 16.5. The number of furan rings is 1. The van der Waals surface area contributed by atoms with Gasteiger partial charge in [0.25, 0.3) is 0 Å². The lowest BCUT2D eigenvalue weighted by Crippen LogP contribution is -2.05. The second-order valence-electron chi connectivity index (χ2n) is 7.63. The average molecular weight is 424 g/mol. The summed E-state index contributed by atoms with van der Waals surface area (Å²) in [6.07, 6.45) is 1.69. The first-order valence-corrected chi connectivity index (χ1v) is 10.2.